The maximum absolute atomic E-state index is 12.8. The second kappa shape index (κ2) is 9.40. The fourth-order valence-electron chi connectivity index (χ4n) is 3.68. The predicted octanol–water partition coefficient (Wildman–Crippen LogP) is 4.06. The summed E-state index contributed by atoms with van der Waals surface area (Å²) in [7, 11) is 0. The molecule has 0 spiro atoms. The normalized spacial score (nSPS) is 16.3. The topological polar surface area (TPSA) is 84.2 Å². The highest BCUT2D eigenvalue weighted by atomic mass is 32.2. The van der Waals surface area contributed by atoms with Gasteiger partial charge in [-0.15, -0.1) is 11.8 Å². The van der Waals surface area contributed by atoms with Gasteiger partial charge in [-0.3, -0.25) is 14.7 Å². The molecular weight excluding hydrogens is 398 g/mol. The van der Waals surface area contributed by atoms with Crippen LogP contribution >= 0.6 is 11.8 Å². The summed E-state index contributed by atoms with van der Waals surface area (Å²) in [5, 5.41) is 7.15. The first-order valence-electron chi connectivity index (χ1n) is 10.1. The van der Waals surface area contributed by atoms with Crippen molar-refractivity contribution >= 4 is 23.4 Å². The number of aromatic nitrogens is 3. The van der Waals surface area contributed by atoms with E-state index in [0.717, 1.165) is 36.5 Å². The van der Waals surface area contributed by atoms with Crippen LogP contribution in [-0.2, 0) is 4.79 Å². The van der Waals surface area contributed by atoms with Crippen molar-refractivity contribution in [3.05, 3.63) is 54.6 Å². The van der Waals surface area contributed by atoms with Gasteiger partial charge in [0.15, 0.2) is 0 Å². The number of carbonyl (C=O) groups is 1. The number of hydrogen-bond donors (Lipinski definition) is 1. The van der Waals surface area contributed by atoms with Crippen molar-refractivity contribution in [1.29, 1.82) is 0 Å². The highest BCUT2D eigenvalue weighted by molar-refractivity contribution is 7.98. The van der Waals surface area contributed by atoms with Crippen LogP contribution < -0.4 is 5.32 Å². The van der Waals surface area contributed by atoms with Crippen LogP contribution in [0.1, 0.15) is 31.6 Å². The first-order valence-corrected chi connectivity index (χ1v) is 11.3. The average Bonchev–Trinajstić information content (AvgIpc) is 3.30. The fourth-order valence-corrected chi connectivity index (χ4v) is 4.24. The van der Waals surface area contributed by atoms with E-state index in [2.05, 4.69) is 25.3 Å². The Morgan fingerprint density at radius 3 is 2.70 bits per heavy atom. The molecule has 1 fully saturated rings. The highest BCUT2D eigenvalue weighted by Gasteiger charge is 2.30. The monoisotopic (exact) mass is 423 g/mol. The lowest BCUT2D eigenvalue weighted by molar-refractivity contribution is -0.121. The third kappa shape index (κ3) is 4.55. The van der Waals surface area contributed by atoms with Crippen LogP contribution in [0.4, 0.5) is 5.69 Å². The molecule has 7 nitrogen and oxygen atoms in total. The van der Waals surface area contributed by atoms with Crippen LogP contribution in [0.25, 0.3) is 11.5 Å². The van der Waals surface area contributed by atoms with Gasteiger partial charge in [0, 0.05) is 17.0 Å². The number of hydrogen-bond acceptors (Lipinski definition) is 7. The van der Waals surface area contributed by atoms with Gasteiger partial charge in [-0.25, -0.2) is 0 Å². The minimum absolute atomic E-state index is 0.0187. The largest absolute Gasteiger partial charge is 0.339 e. The molecule has 156 valence electrons. The quantitative estimate of drug-likeness (QED) is 0.599. The zero-order valence-electron chi connectivity index (χ0n) is 17.1. The van der Waals surface area contributed by atoms with Crippen LogP contribution in [0, 0.1) is 0 Å². The highest BCUT2D eigenvalue weighted by Crippen LogP contribution is 2.30. The molecule has 8 heteroatoms. The third-order valence-electron chi connectivity index (χ3n) is 5.51. The van der Waals surface area contributed by atoms with E-state index in [0.29, 0.717) is 17.4 Å². The minimum atomic E-state index is -0.201. The van der Waals surface area contributed by atoms with Gasteiger partial charge >= 0.3 is 0 Å². The summed E-state index contributed by atoms with van der Waals surface area (Å²) in [6, 6.07) is 13.3. The number of anilines is 1. The molecule has 0 bridgehead atoms. The zero-order valence-corrected chi connectivity index (χ0v) is 17.9. The molecule has 1 atom stereocenters. The van der Waals surface area contributed by atoms with Gasteiger partial charge in [-0.2, -0.15) is 4.98 Å². The minimum Gasteiger partial charge on any atom is -0.339 e. The number of nitrogens with zero attached hydrogens (tertiary/aromatic N) is 4. The van der Waals surface area contributed by atoms with E-state index >= 15 is 0 Å². The van der Waals surface area contributed by atoms with Crippen molar-refractivity contribution in [1.82, 2.24) is 20.0 Å². The number of pyridine rings is 1. The Hall–Kier alpha value is -2.71. The SMILES string of the molecule is CSc1ccccc1NC(=O)C(C)N1CCC(c2nc(-c3ccccn3)no2)CC1. The molecule has 3 heterocycles. The van der Waals surface area contributed by atoms with E-state index in [1.54, 1.807) is 18.0 Å². The number of amides is 1. The van der Waals surface area contributed by atoms with Gasteiger partial charge in [0.25, 0.3) is 0 Å². The van der Waals surface area contributed by atoms with Crippen LogP contribution in [-0.4, -0.2) is 51.3 Å². The summed E-state index contributed by atoms with van der Waals surface area (Å²) in [5.74, 6) is 1.40. The van der Waals surface area contributed by atoms with E-state index in [1.165, 1.54) is 0 Å². The molecule has 1 unspecified atom stereocenters. The number of benzene rings is 1. The lowest BCUT2D eigenvalue weighted by Gasteiger charge is -2.34. The first-order chi connectivity index (χ1) is 14.7. The molecule has 30 heavy (non-hydrogen) atoms. The molecule has 1 aliphatic heterocycles. The number of rotatable bonds is 6. The summed E-state index contributed by atoms with van der Waals surface area (Å²) >= 11 is 1.63. The summed E-state index contributed by atoms with van der Waals surface area (Å²) in [4.78, 5) is 24.9. The Morgan fingerprint density at radius 1 is 1.20 bits per heavy atom. The van der Waals surface area contributed by atoms with E-state index in [4.69, 9.17) is 4.52 Å². The van der Waals surface area contributed by atoms with E-state index < -0.39 is 0 Å². The van der Waals surface area contributed by atoms with Crippen LogP contribution in [0.5, 0.6) is 0 Å². The molecule has 1 N–H and O–H groups in total. The van der Waals surface area contributed by atoms with Crippen LogP contribution in [0.15, 0.2) is 58.1 Å². The number of thioether (sulfide) groups is 1. The van der Waals surface area contributed by atoms with Crippen molar-refractivity contribution < 1.29 is 9.32 Å². The van der Waals surface area contributed by atoms with Gasteiger partial charge in [0.2, 0.25) is 17.6 Å². The fraction of sp³-hybridized carbons (Fsp3) is 0.364. The number of nitrogens with one attached hydrogen (secondary N) is 1. The lowest BCUT2D eigenvalue weighted by Crippen LogP contribution is -2.45. The van der Waals surface area contributed by atoms with E-state index in [-0.39, 0.29) is 17.9 Å². The number of para-hydroxylation sites is 1. The van der Waals surface area contributed by atoms with Crippen molar-refractivity contribution in [2.45, 2.75) is 36.6 Å². The molecule has 1 saturated heterocycles. The number of piperidine rings is 1. The van der Waals surface area contributed by atoms with Gasteiger partial charge < -0.3 is 9.84 Å². The third-order valence-corrected chi connectivity index (χ3v) is 6.30. The molecule has 4 rings (SSSR count). The van der Waals surface area contributed by atoms with Crippen molar-refractivity contribution in [3.8, 4) is 11.5 Å². The Labute approximate surface area is 180 Å². The number of likely N-dealkylation sites (tertiary alicyclic amines) is 1. The molecule has 0 radical (unpaired) electrons. The Balaban J connectivity index is 1.34. The first kappa shape index (κ1) is 20.6. The maximum atomic E-state index is 12.8. The Bertz CT molecular complexity index is 986. The van der Waals surface area contributed by atoms with E-state index in [9.17, 15) is 4.79 Å². The molecule has 2 aromatic heterocycles. The van der Waals surface area contributed by atoms with Gasteiger partial charge in [-0.05, 0) is 63.4 Å². The molecule has 0 saturated carbocycles. The second-order valence-electron chi connectivity index (χ2n) is 7.35. The molecule has 1 amide bonds. The standard InChI is InChI=1S/C22H25N5O2S/c1-15(21(28)24-17-7-3-4-9-19(17)30-2)27-13-10-16(11-14-27)22-25-20(26-29-22)18-8-5-6-12-23-18/h3-9,12,15-16H,10-11,13-14H2,1-2H3,(H,24,28). The van der Waals surface area contributed by atoms with Gasteiger partial charge in [0.1, 0.15) is 5.69 Å². The molecule has 1 aliphatic rings. The summed E-state index contributed by atoms with van der Waals surface area (Å²) < 4.78 is 5.51. The van der Waals surface area contributed by atoms with Crippen molar-refractivity contribution in [2.75, 3.05) is 24.7 Å². The molecule has 0 aliphatic carbocycles. The zero-order chi connectivity index (χ0) is 20.9. The summed E-state index contributed by atoms with van der Waals surface area (Å²) in [6.45, 7) is 3.58. The van der Waals surface area contributed by atoms with Crippen LogP contribution in [0.2, 0.25) is 0 Å². The smallest absolute Gasteiger partial charge is 0.241 e. The average molecular weight is 424 g/mol. The van der Waals surface area contributed by atoms with Crippen molar-refractivity contribution in [2.24, 2.45) is 0 Å². The summed E-state index contributed by atoms with van der Waals surface area (Å²) in [5.41, 5.74) is 1.57. The van der Waals surface area contributed by atoms with Crippen molar-refractivity contribution in [3.63, 3.8) is 0 Å². The van der Waals surface area contributed by atoms with Crippen LogP contribution in [0.3, 0.4) is 0 Å². The van der Waals surface area contributed by atoms with E-state index in [1.807, 2.05) is 55.6 Å². The lowest BCUT2D eigenvalue weighted by atomic mass is 9.95. The molecular formula is C22H25N5O2S. The Kier molecular flexibility index (Phi) is 6.44. The number of carbonyl (C=O) groups excluding carboxylic acids is 1. The maximum Gasteiger partial charge on any atom is 0.241 e. The van der Waals surface area contributed by atoms with Gasteiger partial charge in [0.05, 0.1) is 11.7 Å². The predicted molar refractivity (Wildman–Crippen MR) is 117 cm³/mol. The molecule has 3 aromatic rings. The second-order valence-corrected chi connectivity index (χ2v) is 8.20. The van der Waals surface area contributed by atoms with Gasteiger partial charge in [-0.1, -0.05) is 23.4 Å². The summed E-state index contributed by atoms with van der Waals surface area (Å²) in [6.07, 6.45) is 5.48. The molecule has 1 aromatic carbocycles. The Morgan fingerprint density at radius 2 is 1.97 bits per heavy atom.